The van der Waals surface area contributed by atoms with Crippen molar-refractivity contribution in [2.45, 2.75) is 20.1 Å². The molecule has 0 aliphatic carbocycles. The highest BCUT2D eigenvalue weighted by molar-refractivity contribution is 5.70. The van der Waals surface area contributed by atoms with E-state index in [1.807, 2.05) is 0 Å². The van der Waals surface area contributed by atoms with Crippen molar-refractivity contribution < 1.29 is 29.5 Å². The smallest absolute Gasteiger partial charge is 0.435 e. The highest BCUT2D eigenvalue weighted by atomic mass is 16.8. The SMILES string of the molecule is CCOC(=O)OC(C)OC(=O)C[NH3+]. The van der Waals surface area contributed by atoms with E-state index in [-0.39, 0.29) is 13.2 Å². The van der Waals surface area contributed by atoms with Crippen LogP contribution in [0.2, 0.25) is 0 Å². The lowest BCUT2D eigenvalue weighted by molar-refractivity contribution is -0.361. The monoisotopic (exact) mass is 192 g/mol. The van der Waals surface area contributed by atoms with Crippen molar-refractivity contribution in [3.63, 3.8) is 0 Å². The summed E-state index contributed by atoms with van der Waals surface area (Å²) in [4.78, 5) is 21.3. The molecule has 0 amide bonds. The molecule has 0 aromatic heterocycles. The third-order valence-electron chi connectivity index (χ3n) is 1.03. The minimum absolute atomic E-state index is 0.00345. The Balaban J connectivity index is 3.67. The Morgan fingerprint density at radius 3 is 2.46 bits per heavy atom. The molecule has 13 heavy (non-hydrogen) atoms. The van der Waals surface area contributed by atoms with Crippen LogP contribution in [0.4, 0.5) is 4.79 Å². The van der Waals surface area contributed by atoms with Crippen molar-refractivity contribution >= 4 is 12.1 Å². The van der Waals surface area contributed by atoms with Crippen LogP contribution in [0.25, 0.3) is 0 Å². The molecule has 0 aromatic carbocycles. The van der Waals surface area contributed by atoms with Gasteiger partial charge in [0.05, 0.1) is 6.61 Å². The van der Waals surface area contributed by atoms with Gasteiger partial charge >= 0.3 is 12.1 Å². The molecule has 0 saturated carbocycles. The summed E-state index contributed by atoms with van der Waals surface area (Å²) >= 11 is 0. The highest BCUT2D eigenvalue weighted by Crippen LogP contribution is 1.96. The van der Waals surface area contributed by atoms with Gasteiger partial charge in [-0.05, 0) is 6.92 Å². The van der Waals surface area contributed by atoms with E-state index in [1.165, 1.54) is 6.92 Å². The molecule has 6 heteroatoms. The summed E-state index contributed by atoms with van der Waals surface area (Å²) in [7, 11) is 0. The molecule has 0 aromatic rings. The highest BCUT2D eigenvalue weighted by Gasteiger charge is 2.14. The van der Waals surface area contributed by atoms with Gasteiger partial charge in [-0.25, -0.2) is 9.59 Å². The van der Waals surface area contributed by atoms with Gasteiger partial charge in [0, 0.05) is 6.92 Å². The van der Waals surface area contributed by atoms with Gasteiger partial charge in [0.25, 0.3) is 0 Å². The zero-order chi connectivity index (χ0) is 10.3. The number of hydrogen-bond acceptors (Lipinski definition) is 5. The topological polar surface area (TPSA) is 89.5 Å². The Morgan fingerprint density at radius 1 is 1.38 bits per heavy atom. The van der Waals surface area contributed by atoms with Gasteiger partial charge in [-0.15, -0.1) is 0 Å². The molecular formula is C7H14NO5+. The standard InChI is InChI=1S/C7H13NO5/c1-3-11-7(10)13-5(2)12-6(9)4-8/h5H,3-4,8H2,1-2H3/p+1. The maximum absolute atomic E-state index is 10.7. The Labute approximate surface area is 75.9 Å². The van der Waals surface area contributed by atoms with Crippen molar-refractivity contribution in [2.75, 3.05) is 13.2 Å². The normalized spacial score (nSPS) is 11.6. The predicted molar refractivity (Wildman–Crippen MR) is 41.4 cm³/mol. The van der Waals surface area contributed by atoms with Gasteiger partial charge in [0.2, 0.25) is 6.29 Å². The minimum Gasteiger partial charge on any atom is -0.435 e. The van der Waals surface area contributed by atoms with Crippen LogP contribution >= 0.6 is 0 Å². The van der Waals surface area contributed by atoms with E-state index < -0.39 is 18.4 Å². The van der Waals surface area contributed by atoms with Crippen molar-refractivity contribution in [1.29, 1.82) is 0 Å². The Bertz CT molecular complexity index is 182. The van der Waals surface area contributed by atoms with Crippen LogP contribution in [-0.2, 0) is 19.0 Å². The first kappa shape index (κ1) is 11.7. The summed E-state index contributed by atoms with van der Waals surface area (Å²) in [6.45, 7) is 3.28. The van der Waals surface area contributed by atoms with Crippen LogP contribution in [0.1, 0.15) is 13.8 Å². The molecule has 0 spiro atoms. The van der Waals surface area contributed by atoms with E-state index in [0.29, 0.717) is 0 Å². The zero-order valence-corrected chi connectivity index (χ0v) is 7.74. The maximum Gasteiger partial charge on any atom is 0.511 e. The van der Waals surface area contributed by atoms with Gasteiger partial charge in [0.15, 0.2) is 6.54 Å². The summed E-state index contributed by atoms with van der Waals surface area (Å²) in [6.07, 6.45) is -1.79. The largest absolute Gasteiger partial charge is 0.511 e. The van der Waals surface area contributed by atoms with E-state index in [2.05, 4.69) is 19.9 Å². The molecule has 0 aliphatic heterocycles. The Kier molecular flexibility index (Phi) is 5.62. The lowest BCUT2D eigenvalue weighted by Gasteiger charge is -2.11. The van der Waals surface area contributed by atoms with Crippen molar-refractivity contribution in [2.24, 2.45) is 0 Å². The number of ether oxygens (including phenoxy) is 3. The average Bonchev–Trinajstić information content (AvgIpc) is 2.04. The first-order valence-electron chi connectivity index (χ1n) is 3.92. The second-order valence-corrected chi connectivity index (χ2v) is 2.11. The first-order chi connectivity index (χ1) is 6.10. The van der Waals surface area contributed by atoms with E-state index in [4.69, 9.17) is 0 Å². The molecule has 0 bridgehead atoms. The third-order valence-corrected chi connectivity index (χ3v) is 1.03. The number of carbonyl (C=O) groups excluding carboxylic acids is 2. The summed E-state index contributed by atoms with van der Waals surface area (Å²) < 4.78 is 13.6. The number of hydrogen-bond donors (Lipinski definition) is 1. The summed E-state index contributed by atoms with van der Waals surface area (Å²) in [5.41, 5.74) is 3.31. The lowest BCUT2D eigenvalue weighted by Crippen LogP contribution is -2.55. The Morgan fingerprint density at radius 2 is 2.00 bits per heavy atom. The maximum atomic E-state index is 10.7. The minimum atomic E-state index is -0.937. The number of rotatable bonds is 4. The van der Waals surface area contributed by atoms with Gasteiger partial charge in [-0.1, -0.05) is 0 Å². The van der Waals surface area contributed by atoms with Crippen LogP contribution in [0.5, 0.6) is 0 Å². The Hall–Kier alpha value is -1.30. The van der Waals surface area contributed by atoms with Crippen molar-refractivity contribution in [3.05, 3.63) is 0 Å². The molecule has 0 radical (unpaired) electrons. The van der Waals surface area contributed by atoms with Gasteiger partial charge in [-0.3, -0.25) is 0 Å². The molecule has 0 saturated heterocycles. The number of esters is 1. The summed E-state index contributed by atoms with van der Waals surface area (Å²) in [6, 6.07) is 0. The van der Waals surface area contributed by atoms with Gasteiger partial charge in [0.1, 0.15) is 0 Å². The van der Waals surface area contributed by atoms with Crippen LogP contribution in [0.3, 0.4) is 0 Å². The van der Waals surface area contributed by atoms with Gasteiger partial charge < -0.3 is 19.9 Å². The molecule has 0 heterocycles. The molecule has 0 aliphatic rings. The predicted octanol–water partition coefficient (Wildman–Crippen LogP) is -0.709. The number of quaternary nitrogens is 1. The summed E-state index contributed by atoms with van der Waals surface area (Å²) in [5.74, 6) is -0.531. The lowest BCUT2D eigenvalue weighted by atomic mass is 10.6. The molecule has 1 atom stereocenters. The molecule has 0 fully saturated rings. The number of carbonyl (C=O) groups is 2. The quantitative estimate of drug-likeness (QED) is 0.469. The first-order valence-corrected chi connectivity index (χ1v) is 3.92. The second kappa shape index (κ2) is 6.24. The van der Waals surface area contributed by atoms with E-state index in [9.17, 15) is 9.59 Å². The molecule has 76 valence electrons. The van der Waals surface area contributed by atoms with Crippen molar-refractivity contribution in [1.82, 2.24) is 0 Å². The van der Waals surface area contributed by atoms with E-state index >= 15 is 0 Å². The second-order valence-electron chi connectivity index (χ2n) is 2.11. The molecule has 0 rings (SSSR count). The molecular weight excluding hydrogens is 178 g/mol. The van der Waals surface area contributed by atoms with Crippen LogP contribution in [-0.4, -0.2) is 31.6 Å². The van der Waals surface area contributed by atoms with Crippen molar-refractivity contribution in [3.8, 4) is 0 Å². The van der Waals surface area contributed by atoms with Gasteiger partial charge in [-0.2, -0.15) is 0 Å². The van der Waals surface area contributed by atoms with Crippen LogP contribution in [0, 0.1) is 0 Å². The molecule has 1 unspecified atom stereocenters. The zero-order valence-electron chi connectivity index (χ0n) is 7.74. The summed E-state index contributed by atoms with van der Waals surface area (Å²) in [5, 5.41) is 0. The fourth-order valence-electron chi connectivity index (χ4n) is 0.555. The van der Waals surface area contributed by atoms with E-state index in [0.717, 1.165) is 0 Å². The van der Waals surface area contributed by atoms with Crippen LogP contribution in [0.15, 0.2) is 0 Å². The molecule has 3 N–H and O–H groups in total. The molecule has 6 nitrogen and oxygen atoms in total. The fraction of sp³-hybridized carbons (Fsp3) is 0.714. The van der Waals surface area contributed by atoms with E-state index in [1.54, 1.807) is 6.92 Å². The van der Waals surface area contributed by atoms with Crippen LogP contribution < -0.4 is 5.73 Å². The average molecular weight is 192 g/mol. The fourth-order valence-corrected chi connectivity index (χ4v) is 0.555. The third kappa shape index (κ3) is 5.92.